The van der Waals surface area contributed by atoms with Gasteiger partial charge in [-0.15, -0.1) is 0 Å². The maximum atomic E-state index is 13.6. The van der Waals surface area contributed by atoms with E-state index in [0.717, 1.165) is 6.07 Å². The molecule has 3 rings (SSSR count). The predicted octanol–water partition coefficient (Wildman–Crippen LogP) is 4.75. The van der Waals surface area contributed by atoms with E-state index in [0.29, 0.717) is 0 Å². The van der Waals surface area contributed by atoms with Gasteiger partial charge >= 0.3 is 0 Å². The molecule has 0 nitrogen and oxygen atoms in total. The van der Waals surface area contributed by atoms with Crippen molar-refractivity contribution in [3.63, 3.8) is 0 Å². The van der Waals surface area contributed by atoms with Crippen molar-refractivity contribution in [2.45, 2.75) is 6.17 Å². The summed E-state index contributed by atoms with van der Waals surface area (Å²) in [5, 5.41) is 0.00880. The minimum absolute atomic E-state index is 0.122. The van der Waals surface area contributed by atoms with E-state index in [2.05, 4.69) is 0 Å². The van der Waals surface area contributed by atoms with Crippen molar-refractivity contribution < 1.29 is 22.0 Å². The highest BCUT2D eigenvalue weighted by atomic mass is 19.2. The van der Waals surface area contributed by atoms with Crippen LogP contribution in [0.1, 0.15) is 17.3 Å². The molecule has 0 saturated carbocycles. The standard InChI is InChI=1S/C13H5F5/c14-7-4-5-2-1-3-6-8(5)9(11(7)16)12(17)13(18)10(6)15/h1-4,10H. The molecule has 2 aromatic rings. The molecular weight excluding hydrogens is 251 g/mol. The molecule has 0 fully saturated rings. The minimum atomic E-state index is -2.29. The smallest absolute Gasteiger partial charge is 0.180 e. The number of benzene rings is 2. The Morgan fingerprint density at radius 1 is 1.00 bits per heavy atom. The Morgan fingerprint density at radius 2 is 1.72 bits per heavy atom. The zero-order valence-corrected chi connectivity index (χ0v) is 8.78. The van der Waals surface area contributed by atoms with Crippen LogP contribution >= 0.6 is 0 Å². The van der Waals surface area contributed by atoms with Gasteiger partial charge in [0.15, 0.2) is 29.5 Å². The summed E-state index contributed by atoms with van der Waals surface area (Å²) in [6, 6.07) is 4.82. The summed E-state index contributed by atoms with van der Waals surface area (Å²) in [5.41, 5.74) is -1.03. The lowest BCUT2D eigenvalue weighted by Crippen LogP contribution is -2.07. The van der Waals surface area contributed by atoms with E-state index in [-0.39, 0.29) is 16.3 Å². The highest BCUT2D eigenvalue weighted by Gasteiger charge is 2.33. The molecule has 1 aliphatic carbocycles. The van der Waals surface area contributed by atoms with Crippen LogP contribution in [-0.4, -0.2) is 0 Å². The molecule has 18 heavy (non-hydrogen) atoms. The Labute approximate surface area is 98.3 Å². The SMILES string of the molecule is FC1=C(F)C(F)c2cccc3cc(F)c(F)c1c23. The molecule has 1 atom stereocenters. The number of allylic oxidation sites excluding steroid dienone is 1. The third-order valence-electron chi connectivity index (χ3n) is 3.02. The summed E-state index contributed by atoms with van der Waals surface area (Å²) >= 11 is 0. The molecular formula is C13H5F5. The van der Waals surface area contributed by atoms with Crippen molar-refractivity contribution in [2.75, 3.05) is 0 Å². The normalized spacial score (nSPS) is 18.6. The van der Waals surface area contributed by atoms with E-state index in [4.69, 9.17) is 0 Å². The van der Waals surface area contributed by atoms with Crippen LogP contribution in [0.5, 0.6) is 0 Å². The van der Waals surface area contributed by atoms with Gasteiger partial charge in [-0.1, -0.05) is 18.2 Å². The zero-order valence-electron chi connectivity index (χ0n) is 8.78. The molecule has 92 valence electrons. The van der Waals surface area contributed by atoms with Gasteiger partial charge in [-0.3, -0.25) is 0 Å². The lowest BCUT2D eigenvalue weighted by Gasteiger charge is -2.19. The molecule has 5 heteroatoms. The van der Waals surface area contributed by atoms with E-state index in [1.807, 2.05) is 0 Å². The average Bonchev–Trinajstić information content (AvgIpc) is 2.36. The van der Waals surface area contributed by atoms with Gasteiger partial charge in [0.1, 0.15) is 0 Å². The topological polar surface area (TPSA) is 0 Å². The number of hydrogen-bond acceptors (Lipinski definition) is 0. The Morgan fingerprint density at radius 3 is 2.44 bits per heavy atom. The Balaban J connectivity index is 2.58. The second kappa shape index (κ2) is 3.54. The maximum Gasteiger partial charge on any atom is 0.180 e. The van der Waals surface area contributed by atoms with Crippen LogP contribution in [0.4, 0.5) is 22.0 Å². The largest absolute Gasteiger partial charge is 0.234 e. The lowest BCUT2D eigenvalue weighted by atomic mass is 9.90. The molecule has 1 aliphatic rings. The summed E-state index contributed by atoms with van der Waals surface area (Å²) < 4.78 is 67.4. The zero-order chi connectivity index (χ0) is 13.0. The number of halogens is 5. The van der Waals surface area contributed by atoms with E-state index >= 15 is 0 Å². The molecule has 0 spiro atoms. The second-order valence-electron chi connectivity index (χ2n) is 4.02. The quantitative estimate of drug-likeness (QED) is 0.597. The van der Waals surface area contributed by atoms with Crippen molar-refractivity contribution in [1.29, 1.82) is 0 Å². The molecule has 0 N–H and O–H groups in total. The van der Waals surface area contributed by atoms with Crippen molar-refractivity contribution in [3.05, 3.63) is 52.9 Å². The molecule has 1 unspecified atom stereocenters. The molecule has 0 aliphatic heterocycles. The average molecular weight is 256 g/mol. The maximum absolute atomic E-state index is 13.6. The van der Waals surface area contributed by atoms with Crippen LogP contribution in [0.2, 0.25) is 0 Å². The first kappa shape index (κ1) is 11.2. The first-order valence-corrected chi connectivity index (χ1v) is 5.12. The fraction of sp³-hybridized carbons (Fsp3) is 0.0769. The third kappa shape index (κ3) is 1.24. The predicted molar refractivity (Wildman–Crippen MR) is 56.8 cm³/mol. The van der Waals surface area contributed by atoms with Crippen molar-refractivity contribution in [1.82, 2.24) is 0 Å². The van der Waals surface area contributed by atoms with E-state index in [1.165, 1.54) is 18.2 Å². The number of hydrogen-bond donors (Lipinski definition) is 0. The van der Waals surface area contributed by atoms with Crippen LogP contribution in [-0.2, 0) is 0 Å². The molecule has 2 aromatic carbocycles. The first-order chi connectivity index (χ1) is 8.52. The van der Waals surface area contributed by atoms with E-state index in [9.17, 15) is 22.0 Å². The summed E-state index contributed by atoms with van der Waals surface area (Å²) in [4.78, 5) is 0. The van der Waals surface area contributed by atoms with Gasteiger partial charge in [0.05, 0.1) is 5.56 Å². The monoisotopic (exact) mass is 256 g/mol. The summed E-state index contributed by atoms with van der Waals surface area (Å²) in [6.45, 7) is 0. The van der Waals surface area contributed by atoms with Gasteiger partial charge in [0.2, 0.25) is 0 Å². The van der Waals surface area contributed by atoms with Gasteiger partial charge in [0.25, 0.3) is 0 Å². The number of rotatable bonds is 0. The van der Waals surface area contributed by atoms with Crippen LogP contribution in [0.3, 0.4) is 0 Å². The van der Waals surface area contributed by atoms with E-state index in [1.54, 1.807) is 0 Å². The van der Waals surface area contributed by atoms with Crippen molar-refractivity contribution in [3.8, 4) is 0 Å². The fourth-order valence-electron chi connectivity index (χ4n) is 2.21. The molecule has 0 radical (unpaired) electrons. The van der Waals surface area contributed by atoms with Crippen molar-refractivity contribution >= 4 is 16.6 Å². The first-order valence-electron chi connectivity index (χ1n) is 5.12. The van der Waals surface area contributed by atoms with Crippen LogP contribution in [0.25, 0.3) is 16.6 Å². The Bertz CT molecular complexity index is 702. The van der Waals surface area contributed by atoms with Crippen LogP contribution in [0.15, 0.2) is 30.1 Å². The third-order valence-corrected chi connectivity index (χ3v) is 3.02. The molecule has 0 saturated heterocycles. The highest BCUT2D eigenvalue weighted by Crippen LogP contribution is 2.46. The molecule has 0 heterocycles. The summed E-state index contributed by atoms with van der Waals surface area (Å²) in [5.74, 6) is -6.20. The Kier molecular flexibility index (Phi) is 2.20. The van der Waals surface area contributed by atoms with Gasteiger partial charge < -0.3 is 0 Å². The number of alkyl halides is 1. The lowest BCUT2D eigenvalue weighted by molar-refractivity contribution is 0.330. The van der Waals surface area contributed by atoms with Gasteiger partial charge in [-0.05, 0) is 11.5 Å². The summed E-state index contributed by atoms with van der Waals surface area (Å²) in [6.07, 6.45) is -2.29. The van der Waals surface area contributed by atoms with Crippen LogP contribution in [0, 0.1) is 11.6 Å². The van der Waals surface area contributed by atoms with Gasteiger partial charge in [0, 0.05) is 10.9 Å². The van der Waals surface area contributed by atoms with E-state index < -0.39 is 35.0 Å². The Hall–Kier alpha value is -1.91. The molecule has 0 aromatic heterocycles. The van der Waals surface area contributed by atoms with Crippen molar-refractivity contribution in [2.24, 2.45) is 0 Å². The fourth-order valence-corrected chi connectivity index (χ4v) is 2.21. The second-order valence-corrected chi connectivity index (χ2v) is 4.02. The summed E-state index contributed by atoms with van der Waals surface area (Å²) in [7, 11) is 0. The van der Waals surface area contributed by atoms with Gasteiger partial charge in [-0.2, -0.15) is 0 Å². The molecule has 0 bridgehead atoms. The molecule has 0 amide bonds. The highest BCUT2D eigenvalue weighted by molar-refractivity contribution is 5.98. The van der Waals surface area contributed by atoms with Gasteiger partial charge in [-0.25, -0.2) is 22.0 Å². The minimum Gasteiger partial charge on any atom is -0.234 e. The van der Waals surface area contributed by atoms with Crippen LogP contribution < -0.4 is 0 Å².